The van der Waals surface area contributed by atoms with Crippen molar-refractivity contribution < 1.29 is 9.47 Å². The minimum atomic E-state index is 0.0996. The highest BCUT2D eigenvalue weighted by Crippen LogP contribution is 2.11. The van der Waals surface area contributed by atoms with Gasteiger partial charge >= 0.3 is 6.01 Å². The Bertz CT molecular complexity index is 358. The van der Waals surface area contributed by atoms with Crippen LogP contribution in [0.15, 0.2) is 0 Å². The summed E-state index contributed by atoms with van der Waals surface area (Å²) in [6.45, 7) is 2.91. The number of nitrogens with zero attached hydrogens (tertiary/aromatic N) is 4. The zero-order valence-corrected chi connectivity index (χ0v) is 9.57. The van der Waals surface area contributed by atoms with Crippen molar-refractivity contribution in [1.29, 1.82) is 0 Å². The summed E-state index contributed by atoms with van der Waals surface area (Å²) >= 11 is 5.72. The Kier molecular flexibility index (Phi) is 3.70. The van der Waals surface area contributed by atoms with E-state index >= 15 is 0 Å². The second-order valence-corrected chi connectivity index (χ2v) is 3.46. The van der Waals surface area contributed by atoms with E-state index in [1.54, 1.807) is 0 Å². The molecule has 0 amide bonds. The average molecular weight is 246 g/mol. The van der Waals surface area contributed by atoms with Gasteiger partial charge in [-0.05, 0) is 11.6 Å². The molecule has 0 radical (unpaired) electrons. The van der Waals surface area contributed by atoms with E-state index in [1.807, 2.05) is 5.01 Å². The van der Waals surface area contributed by atoms with Crippen LogP contribution in [0.25, 0.3) is 0 Å². The third-order valence-corrected chi connectivity index (χ3v) is 2.21. The lowest BCUT2D eigenvalue weighted by atomic mass is 10.5. The molecule has 1 fully saturated rings. The molecule has 1 N–H and O–H groups in total. The lowest BCUT2D eigenvalue weighted by Crippen LogP contribution is -2.40. The fraction of sp³-hybridized carbons (Fsp3) is 0.625. The maximum absolute atomic E-state index is 5.72. The molecule has 16 heavy (non-hydrogen) atoms. The first kappa shape index (κ1) is 11.3. The molecule has 0 aromatic carbocycles. The number of aromatic nitrogens is 3. The van der Waals surface area contributed by atoms with Crippen LogP contribution in [0.2, 0.25) is 5.28 Å². The fourth-order valence-electron chi connectivity index (χ4n) is 1.29. The van der Waals surface area contributed by atoms with Crippen LogP contribution in [0.5, 0.6) is 6.01 Å². The maximum Gasteiger partial charge on any atom is 0.322 e. The Morgan fingerprint density at radius 3 is 2.75 bits per heavy atom. The number of hydrazine groups is 1. The summed E-state index contributed by atoms with van der Waals surface area (Å²) < 4.78 is 10.1. The second-order valence-electron chi connectivity index (χ2n) is 3.13. The highest BCUT2D eigenvalue weighted by atomic mass is 35.5. The van der Waals surface area contributed by atoms with Gasteiger partial charge in [-0.1, -0.05) is 0 Å². The second kappa shape index (κ2) is 5.24. The van der Waals surface area contributed by atoms with Crippen molar-refractivity contribution in [2.24, 2.45) is 0 Å². The van der Waals surface area contributed by atoms with Crippen molar-refractivity contribution in [3.05, 3.63) is 5.28 Å². The van der Waals surface area contributed by atoms with Gasteiger partial charge in [-0.15, -0.1) is 0 Å². The van der Waals surface area contributed by atoms with Crippen molar-refractivity contribution in [1.82, 2.24) is 20.0 Å². The Labute approximate surface area is 97.7 Å². The van der Waals surface area contributed by atoms with Crippen molar-refractivity contribution in [2.45, 2.75) is 0 Å². The average Bonchev–Trinajstić information content (AvgIpc) is 2.29. The van der Waals surface area contributed by atoms with E-state index in [4.69, 9.17) is 21.1 Å². The van der Waals surface area contributed by atoms with E-state index in [-0.39, 0.29) is 11.3 Å². The van der Waals surface area contributed by atoms with Crippen molar-refractivity contribution in [3.8, 4) is 6.01 Å². The molecule has 7 nitrogen and oxygen atoms in total. The van der Waals surface area contributed by atoms with E-state index < -0.39 is 0 Å². The van der Waals surface area contributed by atoms with Gasteiger partial charge in [-0.3, -0.25) is 5.43 Å². The predicted octanol–water partition coefficient (Wildman–Crippen LogP) is 0.193. The van der Waals surface area contributed by atoms with Gasteiger partial charge in [0.05, 0.1) is 20.3 Å². The molecular formula is C8H12ClN5O2. The summed E-state index contributed by atoms with van der Waals surface area (Å²) in [6.07, 6.45) is 0. The van der Waals surface area contributed by atoms with Crippen LogP contribution in [-0.2, 0) is 4.74 Å². The first-order chi connectivity index (χ1) is 7.78. The number of ether oxygens (including phenoxy) is 2. The van der Waals surface area contributed by atoms with Gasteiger partial charge in [0, 0.05) is 13.1 Å². The van der Waals surface area contributed by atoms with E-state index in [9.17, 15) is 0 Å². The molecule has 2 heterocycles. The van der Waals surface area contributed by atoms with Crippen molar-refractivity contribution in [2.75, 3.05) is 38.8 Å². The minimum Gasteiger partial charge on any atom is -0.467 e. The molecule has 0 spiro atoms. The molecule has 1 aromatic rings. The van der Waals surface area contributed by atoms with Gasteiger partial charge < -0.3 is 9.47 Å². The summed E-state index contributed by atoms with van der Waals surface area (Å²) in [4.78, 5) is 11.8. The Balaban J connectivity index is 2.04. The van der Waals surface area contributed by atoms with Crippen molar-refractivity contribution >= 4 is 17.5 Å². The normalized spacial score (nSPS) is 17.1. The van der Waals surface area contributed by atoms with Gasteiger partial charge in [-0.25, -0.2) is 5.01 Å². The van der Waals surface area contributed by atoms with Crippen molar-refractivity contribution in [3.63, 3.8) is 0 Å². The topological polar surface area (TPSA) is 72.4 Å². The summed E-state index contributed by atoms with van der Waals surface area (Å²) in [7, 11) is 1.48. The first-order valence-electron chi connectivity index (χ1n) is 4.83. The molecule has 1 aliphatic heterocycles. The van der Waals surface area contributed by atoms with Gasteiger partial charge in [0.15, 0.2) is 0 Å². The molecule has 0 saturated carbocycles. The van der Waals surface area contributed by atoms with Gasteiger partial charge in [0.25, 0.3) is 0 Å². The molecule has 1 aromatic heterocycles. The number of methoxy groups -OCH3 is 1. The summed E-state index contributed by atoms with van der Waals surface area (Å²) in [6, 6.07) is 0.191. The number of morpholine rings is 1. The summed E-state index contributed by atoms with van der Waals surface area (Å²) in [5.41, 5.74) is 3.02. The molecule has 0 bridgehead atoms. The molecular weight excluding hydrogens is 234 g/mol. The van der Waals surface area contributed by atoms with Gasteiger partial charge in [-0.2, -0.15) is 15.0 Å². The van der Waals surface area contributed by atoms with Crippen LogP contribution >= 0.6 is 11.6 Å². The van der Waals surface area contributed by atoms with Crippen LogP contribution in [0.1, 0.15) is 0 Å². The molecule has 8 heteroatoms. The molecule has 0 unspecified atom stereocenters. The third-order valence-electron chi connectivity index (χ3n) is 2.04. The van der Waals surface area contributed by atoms with Crippen LogP contribution in [0.3, 0.4) is 0 Å². The standard InChI is InChI=1S/C8H12ClN5O2/c1-15-8-11-6(9)10-7(12-8)13-14-2-4-16-5-3-14/h2-5H2,1H3,(H,10,11,12,13). The number of nitrogens with one attached hydrogen (secondary N) is 1. The molecule has 0 aliphatic carbocycles. The van der Waals surface area contributed by atoms with E-state index in [2.05, 4.69) is 20.4 Å². The molecule has 88 valence electrons. The number of rotatable bonds is 3. The highest BCUT2D eigenvalue weighted by Gasteiger charge is 2.12. The number of anilines is 1. The smallest absolute Gasteiger partial charge is 0.322 e. The Morgan fingerprint density at radius 2 is 2.06 bits per heavy atom. The zero-order chi connectivity index (χ0) is 11.4. The molecule has 1 aliphatic rings. The first-order valence-corrected chi connectivity index (χ1v) is 5.20. The molecule has 0 atom stereocenters. The number of hydrogen-bond donors (Lipinski definition) is 1. The van der Waals surface area contributed by atoms with Crippen LogP contribution in [0.4, 0.5) is 5.95 Å². The number of halogens is 1. The fourth-order valence-corrected chi connectivity index (χ4v) is 1.44. The predicted molar refractivity (Wildman–Crippen MR) is 57.4 cm³/mol. The lowest BCUT2D eigenvalue weighted by molar-refractivity contribution is 0.0492. The third kappa shape index (κ3) is 2.91. The SMILES string of the molecule is COc1nc(Cl)nc(NN2CCOCC2)n1. The monoisotopic (exact) mass is 245 g/mol. The van der Waals surface area contributed by atoms with Gasteiger partial charge in [0.2, 0.25) is 11.2 Å². The van der Waals surface area contributed by atoms with Crippen LogP contribution in [0, 0.1) is 0 Å². The minimum absolute atomic E-state index is 0.0996. The summed E-state index contributed by atoms with van der Waals surface area (Å²) in [5, 5.41) is 2.05. The van der Waals surface area contributed by atoms with Gasteiger partial charge in [0.1, 0.15) is 0 Å². The van der Waals surface area contributed by atoms with E-state index in [0.717, 1.165) is 13.1 Å². The Hall–Kier alpha value is -1.18. The Morgan fingerprint density at radius 1 is 1.31 bits per heavy atom. The van der Waals surface area contributed by atoms with Crippen LogP contribution < -0.4 is 10.2 Å². The zero-order valence-electron chi connectivity index (χ0n) is 8.81. The lowest BCUT2D eigenvalue weighted by Gasteiger charge is -2.26. The molecule has 2 rings (SSSR count). The number of hydrogen-bond acceptors (Lipinski definition) is 7. The maximum atomic E-state index is 5.72. The molecule has 1 saturated heterocycles. The summed E-state index contributed by atoms with van der Waals surface area (Å²) in [5.74, 6) is 0.374. The van der Waals surface area contributed by atoms with E-state index in [0.29, 0.717) is 19.2 Å². The largest absolute Gasteiger partial charge is 0.467 e. The highest BCUT2D eigenvalue weighted by molar-refractivity contribution is 6.28. The quantitative estimate of drug-likeness (QED) is 0.815. The van der Waals surface area contributed by atoms with E-state index in [1.165, 1.54) is 7.11 Å². The van der Waals surface area contributed by atoms with Crippen LogP contribution in [-0.4, -0.2) is 53.4 Å².